The highest BCUT2D eigenvalue weighted by molar-refractivity contribution is 5.01. The second kappa shape index (κ2) is 5.82. The van der Waals surface area contributed by atoms with Crippen molar-refractivity contribution in [1.82, 2.24) is 19.7 Å². The van der Waals surface area contributed by atoms with Gasteiger partial charge < -0.3 is 9.67 Å². The summed E-state index contributed by atoms with van der Waals surface area (Å²) < 4.78 is 2.30. The van der Waals surface area contributed by atoms with Gasteiger partial charge in [-0.15, -0.1) is 10.2 Å². The molecule has 2 aliphatic carbocycles. The maximum atomic E-state index is 10.1. The minimum Gasteiger partial charge on any atom is -0.393 e. The molecule has 2 fully saturated rings. The van der Waals surface area contributed by atoms with E-state index in [0.717, 1.165) is 37.6 Å². The van der Waals surface area contributed by atoms with E-state index in [1.165, 1.54) is 25.7 Å². The van der Waals surface area contributed by atoms with E-state index in [4.69, 9.17) is 0 Å². The number of aryl methyl sites for hydroxylation is 1. The molecule has 2 atom stereocenters. The lowest BCUT2D eigenvalue weighted by Crippen LogP contribution is -2.35. The number of hydrogen-bond donors (Lipinski definition) is 1. The van der Waals surface area contributed by atoms with Gasteiger partial charge in [0.05, 0.1) is 12.6 Å². The summed E-state index contributed by atoms with van der Waals surface area (Å²) in [6.45, 7) is 3.83. The van der Waals surface area contributed by atoms with Crippen molar-refractivity contribution in [3.8, 4) is 0 Å². The Bertz CT molecular complexity index is 455. The molecule has 1 aromatic heterocycles. The van der Waals surface area contributed by atoms with Crippen molar-refractivity contribution in [3.05, 3.63) is 11.6 Å². The maximum absolute atomic E-state index is 10.1. The van der Waals surface area contributed by atoms with E-state index in [1.54, 1.807) is 0 Å². The molecule has 2 unspecified atom stereocenters. The van der Waals surface area contributed by atoms with Gasteiger partial charge >= 0.3 is 0 Å². The summed E-state index contributed by atoms with van der Waals surface area (Å²) in [5.41, 5.74) is 0. The minimum absolute atomic E-state index is 0.116. The lowest BCUT2D eigenvalue weighted by molar-refractivity contribution is 0.0495. The average Bonchev–Trinajstić information content (AvgIpc) is 3.18. The molecule has 1 N–H and O–H groups in total. The first kappa shape index (κ1) is 14.0. The summed E-state index contributed by atoms with van der Waals surface area (Å²) in [4.78, 5) is 2.29. The zero-order chi connectivity index (χ0) is 14.1. The number of aliphatic hydroxyl groups is 1. The number of hydrogen-bond acceptors (Lipinski definition) is 4. The van der Waals surface area contributed by atoms with Gasteiger partial charge in [0.25, 0.3) is 0 Å². The molecule has 2 saturated carbocycles. The van der Waals surface area contributed by atoms with Crippen LogP contribution in [0, 0.1) is 12.8 Å². The lowest BCUT2D eigenvalue weighted by Gasteiger charge is -2.31. The fourth-order valence-electron chi connectivity index (χ4n) is 3.44. The van der Waals surface area contributed by atoms with E-state index in [2.05, 4.69) is 26.7 Å². The molecule has 5 nitrogen and oxygen atoms in total. The molecule has 0 aromatic carbocycles. The quantitative estimate of drug-likeness (QED) is 0.894. The first-order chi connectivity index (χ1) is 9.65. The van der Waals surface area contributed by atoms with Crippen molar-refractivity contribution >= 4 is 0 Å². The van der Waals surface area contributed by atoms with Gasteiger partial charge in [0.2, 0.25) is 0 Å². The molecule has 1 heterocycles. The highest BCUT2D eigenvalue weighted by Crippen LogP contribution is 2.36. The minimum atomic E-state index is -0.116. The predicted octanol–water partition coefficient (Wildman–Crippen LogP) is 1.90. The highest BCUT2D eigenvalue weighted by atomic mass is 16.3. The Kier molecular flexibility index (Phi) is 4.08. The van der Waals surface area contributed by atoms with E-state index in [0.29, 0.717) is 12.0 Å². The van der Waals surface area contributed by atoms with Crippen molar-refractivity contribution in [1.29, 1.82) is 0 Å². The van der Waals surface area contributed by atoms with Crippen LogP contribution in [0.15, 0.2) is 0 Å². The molecule has 0 aliphatic heterocycles. The van der Waals surface area contributed by atoms with Gasteiger partial charge in [-0.1, -0.05) is 12.8 Å². The Morgan fingerprint density at radius 2 is 1.95 bits per heavy atom. The van der Waals surface area contributed by atoms with Crippen LogP contribution in [0.1, 0.15) is 56.2 Å². The molecule has 5 heteroatoms. The summed E-state index contributed by atoms with van der Waals surface area (Å²) in [5, 5.41) is 18.6. The van der Waals surface area contributed by atoms with E-state index >= 15 is 0 Å². The van der Waals surface area contributed by atoms with Crippen molar-refractivity contribution < 1.29 is 5.11 Å². The summed E-state index contributed by atoms with van der Waals surface area (Å²) in [5.74, 6) is 2.54. The van der Waals surface area contributed by atoms with Gasteiger partial charge in [0.15, 0.2) is 0 Å². The van der Waals surface area contributed by atoms with Crippen LogP contribution in [-0.4, -0.2) is 44.5 Å². The van der Waals surface area contributed by atoms with E-state index in [-0.39, 0.29) is 6.10 Å². The third kappa shape index (κ3) is 3.04. The van der Waals surface area contributed by atoms with Crippen LogP contribution in [0.3, 0.4) is 0 Å². The molecule has 0 spiro atoms. The first-order valence-electron chi connectivity index (χ1n) is 7.92. The molecule has 0 amide bonds. The van der Waals surface area contributed by atoms with E-state index < -0.39 is 0 Å². The van der Waals surface area contributed by atoms with Crippen molar-refractivity contribution in [2.75, 3.05) is 13.6 Å². The summed E-state index contributed by atoms with van der Waals surface area (Å²) in [6, 6.07) is 0.633. The zero-order valence-electron chi connectivity index (χ0n) is 12.6. The van der Waals surface area contributed by atoms with Crippen LogP contribution in [-0.2, 0) is 6.54 Å². The van der Waals surface area contributed by atoms with Gasteiger partial charge in [-0.05, 0) is 45.6 Å². The van der Waals surface area contributed by atoms with Gasteiger partial charge in [-0.3, -0.25) is 4.90 Å². The third-order valence-electron chi connectivity index (χ3n) is 4.68. The smallest absolute Gasteiger partial charge is 0.147 e. The largest absolute Gasteiger partial charge is 0.393 e. The normalized spacial score (nSPS) is 27.2. The topological polar surface area (TPSA) is 54.2 Å². The molecule has 3 rings (SSSR count). The summed E-state index contributed by atoms with van der Waals surface area (Å²) in [6.07, 6.45) is 6.96. The zero-order valence-corrected chi connectivity index (χ0v) is 12.6. The van der Waals surface area contributed by atoms with Crippen LogP contribution >= 0.6 is 0 Å². The molecule has 2 aliphatic rings. The Labute approximate surface area is 121 Å². The fraction of sp³-hybridized carbons (Fsp3) is 0.867. The number of aliphatic hydroxyl groups excluding tert-OH is 1. The van der Waals surface area contributed by atoms with E-state index in [1.807, 2.05) is 6.92 Å². The van der Waals surface area contributed by atoms with Crippen LogP contribution < -0.4 is 0 Å². The molecule has 0 bridgehead atoms. The lowest BCUT2D eigenvalue weighted by atomic mass is 9.86. The van der Waals surface area contributed by atoms with Crippen molar-refractivity contribution in [2.45, 2.75) is 64.1 Å². The summed E-state index contributed by atoms with van der Waals surface area (Å²) >= 11 is 0. The number of aromatic nitrogens is 3. The van der Waals surface area contributed by atoms with Crippen molar-refractivity contribution in [3.63, 3.8) is 0 Å². The van der Waals surface area contributed by atoms with Crippen LogP contribution in [0.5, 0.6) is 0 Å². The maximum Gasteiger partial charge on any atom is 0.147 e. The Balaban J connectivity index is 1.59. The monoisotopic (exact) mass is 278 g/mol. The number of rotatable bonds is 5. The number of nitrogens with zero attached hydrogens (tertiary/aromatic N) is 4. The van der Waals surface area contributed by atoms with Gasteiger partial charge in [0.1, 0.15) is 11.6 Å². The molecular weight excluding hydrogens is 252 g/mol. The first-order valence-corrected chi connectivity index (χ1v) is 7.92. The van der Waals surface area contributed by atoms with Gasteiger partial charge in [-0.25, -0.2) is 0 Å². The van der Waals surface area contributed by atoms with Crippen molar-refractivity contribution in [2.24, 2.45) is 5.92 Å². The highest BCUT2D eigenvalue weighted by Gasteiger charge is 2.29. The molecule has 0 radical (unpaired) electrons. The Hall–Kier alpha value is -0.940. The van der Waals surface area contributed by atoms with Crippen LogP contribution in [0.2, 0.25) is 0 Å². The molecule has 1 aromatic rings. The van der Waals surface area contributed by atoms with Crippen LogP contribution in [0.25, 0.3) is 0 Å². The fourth-order valence-corrected chi connectivity index (χ4v) is 3.44. The van der Waals surface area contributed by atoms with Gasteiger partial charge in [-0.2, -0.15) is 0 Å². The molecule has 20 heavy (non-hydrogen) atoms. The predicted molar refractivity (Wildman–Crippen MR) is 77.3 cm³/mol. The Morgan fingerprint density at radius 3 is 2.65 bits per heavy atom. The molecule has 0 saturated heterocycles. The molecular formula is C15H26N4O. The average molecular weight is 278 g/mol. The van der Waals surface area contributed by atoms with Crippen LogP contribution in [0.4, 0.5) is 0 Å². The van der Waals surface area contributed by atoms with Gasteiger partial charge in [0, 0.05) is 12.6 Å². The third-order valence-corrected chi connectivity index (χ3v) is 4.68. The summed E-state index contributed by atoms with van der Waals surface area (Å²) in [7, 11) is 2.13. The molecule has 112 valence electrons. The van der Waals surface area contributed by atoms with E-state index in [9.17, 15) is 5.11 Å². The Morgan fingerprint density at radius 1 is 1.20 bits per heavy atom. The SMILES string of the molecule is Cc1nnc(CN(C)CC2CCCCC2O)n1C1CC1. The standard InChI is InChI=1S/C15H26N4O/c1-11-16-17-15(19(11)13-7-8-13)10-18(2)9-12-5-3-4-6-14(12)20/h12-14,20H,3-10H2,1-2H3. The second-order valence-electron chi connectivity index (χ2n) is 6.57. The second-order valence-corrected chi connectivity index (χ2v) is 6.57.